The molecule has 1 rings (SSSR count). The Balaban J connectivity index is 2.62. The van der Waals surface area contributed by atoms with Gasteiger partial charge >= 0.3 is 0 Å². The van der Waals surface area contributed by atoms with Crippen LogP contribution in [-0.4, -0.2) is 25.3 Å². The molecule has 0 spiro atoms. The molecule has 0 aliphatic carbocycles. The van der Waals surface area contributed by atoms with E-state index >= 15 is 0 Å². The lowest BCUT2D eigenvalue weighted by atomic mass is 10.0. The summed E-state index contributed by atoms with van der Waals surface area (Å²) in [5, 5.41) is 2.67. The lowest BCUT2D eigenvalue weighted by Crippen LogP contribution is -2.23. The first-order chi connectivity index (χ1) is 8.58. The molecule has 0 aliphatic heterocycles. The monoisotopic (exact) mass is 249 g/mol. The van der Waals surface area contributed by atoms with Gasteiger partial charge < -0.3 is 10.1 Å². The summed E-state index contributed by atoms with van der Waals surface area (Å²) in [6.07, 6.45) is 0.468. The third kappa shape index (κ3) is 3.87. The fourth-order valence-corrected chi connectivity index (χ4v) is 1.71. The van der Waals surface area contributed by atoms with Gasteiger partial charge in [-0.1, -0.05) is 0 Å². The van der Waals surface area contributed by atoms with Crippen LogP contribution in [0.15, 0.2) is 18.2 Å². The van der Waals surface area contributed by atoms with Gasteiger partial charge in [-0.3, -0.25) is 9.59 Å². The van der Waals surface area contributed by atoms with Gasteiger partial charge in [0.1, 0.15) is 5.75 Å². The Kier molecular flexibility index (Phi) is 5.36. The summed E-state index contributed by atoms with van der Waals surface area (Å²) in [7, 11) is 1.60. The average Bonchev–Trinajstić information content (AvgIpc) is 2.36. The van der Waals surface area contributed by atoms with Crippen molar-refractivity contribution in [3.8, 4) is 5.75 Å². The van der Waals surface area contributed by atoms with Crippen molar-refractivity contribution in [3.63, 3.8) is 0 Å². The molecule has 0 fully saturated rings. The highest BCUT2D eigenvalue weighted by Gasteiger charge is 2.10. The second-order valence-electron chi connectivity index (χ2n) is 4.06. The van der Waals surface area contributed by atoms with E-state index in [2.05, 4.69) is 5.32 Å². The summed E-state index contributed by atoms with van der Waals surface area (Å²) < 4.78 is 5.13. The van der Waals surface area contributed by atoms with E-state index < -0.39 is 0 Å². The fraction of sp³-hybridized carbons (Fsp3) is 0.429. The molecule has 0 bridgehead atoms. The molecule has 4 heteroatoms. The second kappa shape index (κ2) is 6.79. The summed E-state index contributed by atoms with van der Waals surface area (Å²) in [6, 6.07) is 5.29. The number of carbonyl (C=O) groups excluding carboxylic acids is 2. The third-order valence-corrected chi connectivity index (χ3v) is 2.67. The Morgan fingerprint density at radius 3 is 2.56 bits per heavy atom. The van der Waals surface area contributed by atoms with E-state index in [-0.39, 0.29) is 24.5 Å². The largest absolute Gasteiger partial charge is 0.496 e. The fourth-order valence-electron chi connectivity index (χ4n) is 1.71. The molecule has 1 N–H and O–H groups in total. The maximum Gasteiger partial charge on any atom is 0.220 e. The Hall–Kier alpha value is -1.84. The number of hydrogen-bond acceptors (Lipinski definition) is 3. The van der Waals surface area contributed by atoms with Gasteiger partial charge in [-0.2, -0.15) is 0 Å². The minimum Gasteiger partial charge on any atom is -0.496 e. The highest BCUT2D eigenvalue weighted by Crippen LogP contribution is 2.19. The number of benzene rings is 1. The van der Waals surface area contributed by atoms with Crippen molar-refractivity contribution in [1.82, 2.24) is 5.32 Å². The summed E-state index contributed by atoms with van der Waals surface area (Å²) >= 11 is 0. The highest BCUT2D eigenvalue weighted by atomic mass is 16.5. The Morgan fingerprint density at radius 1 is 1.28 bits per heavy atom. The molecule has 0 unspecified atom stereocenters. The van der Waals surface area contributed by atoms with Crippen LogP contribution in [0.5, 0.6) is 5.75 Å². The number of rotatable bonds is 6. The lowest BCUT2D eigenvalue weighted by molar-refractivity contribution is -0.120. The molecular formula is C14H19NO3. The van der Waals surface area contributed by atoms with Crippen molar-refractivity contribution in [1.29, 1.82) is 0 Å². The van der Waals surface area contributed by atoms with Crippen LogP contribution in [-0.2, 0) is 4.79 Å². The number of ketones is 1. The van der Waals surface area contributed by atoms with Gasteiger partial charge in [0.05, 0.1) is 7.11 Å². The Morgan fingerprint density at radius 2 is 2.00 bits per heavy atom. The molecule has 0 radical (unpaired) electrons. The van der Waals surface area contributed by atoms with Crippen LogP contribution in [0.1, 0.15) is 35.7 Å². The number of hydrogen-bond donors (Lipinski definition) is 1. The van der Waals surface area contributed by atoms with Gasteiger partial charge in [-0.05, 0) is 37.6 Å². The Bertz CT molecular complexity index is 441. The van der Waals surface area contributed by atoms with Crippen LogP contribution in [0.2, 0.25) is 0 Å². The molecule has 0 aromatic heterocycles. The second-order valence-corrected chi connectivity index (χ2v) is 4.06. The topological polar surface area (TPSA) is 55.4 Å². The Labute approximate surface area is 107 Å². The van der Waals surface area contributed by atoms with Gasteiger partial charge in [-0.15, -0.1) is 0 Å². The van der Waals surface area contributed by atoms with Crippen molar-refractivity contribution in [2.24, 2.45) is 0 Å². The molecule has 98 valence electrons. The number of aryl methyl sites for hydroxylation is 1. The smallest absolute Gasteiger partial charge is 0.220 e. The van der Waals surface area contributed by atoms with Gasteiger partial charge in [0, 0.05) is 24.9 Å². The SMILES string of the molecule is CCNC(=O)CCC(=O)c1ccc(OC)c(C)c1. The molecule has 0 heterocycles. The molecule has 0 aliphatic rings. The summed E-state index contributed by atoms with van der Waals surface area (Å²) in [4.78, 5) is 23.1. The molecule has 0 saturated carbocycles. The molecule has 18 heavy (non-hydrogen) atoms. The minimum absolute atomic E-state index is 0.0213. The van der Waals surface area contributed by atoms with Crippen LogP contribution >= 0.6 is 0 Å². The number of ether oxygens (including phenoxy) is 1. The first kappa shape index (κ1) is 14.2. The van der Waals surface area contributed by atoms with Gasteiger partial charge in [0.25, 0.3) is 0 Å². The van der Waals surface area contributed by atoms with E-state index in [0.29, 0.717) is 12.1 Å². The van der Waals surface area contributed by atoms with Crippen LogP contribution in [0.25, 0.3) is 0 Å². The molecule has 1 aromatic carbocycles. The quantitative estimate of drug-likeness (QED) is 0.785. The minimum atomic E-state index is -0.0870. The predicted molar refractivity (Wildman–Crippen MR) is 70.0 cm³/mol. The zero-order chi connectivity index (χ0) is 13.5. The number of nitrogens with one attached hydrogen (secondary N) is 1. The first-order valence-electron chi connectivity index (χ1n) is 6.03. The van der Waals surface area contributed by atoms with Crippen molar-refractivity contribution < 1.29 is 14.3 Å². The number of amides is 1. The molecule has 4 nitrogen and oxygen atoms in total. The van der Waals surface area contributed by atoms with Crippen LogP contribution in [0.4, 0.5) is 0 Å². The normalized spacial score (nSPS) is 9.94. The molecule has 0 saturated heterocycles. The predicted octanol–water partition coefficient (Wildman–Crippen LogP) is 2.10. The van der Waals surface area contributed by atoms with Crippen LogP contribution in [0, 0.1) is 6.92 Å². The zero-order valence-electron chi connectivity index (χ0n) is 11.1. The van der Waals surface area contributed by atoms with E-state index in [4.69, 9.17) is 4.74 Å². The van der Waals surface area contributed by atoms with E-state index in [1.807, 2.05) is 13.8 Å². The van der Waals surface area contributed by atoms with Crippen LogP contribution in [0.3, 0.4) is 0 Å². The number of Topliss-reactive ketones (excluding diaryl/α,β-unsaturated/α-hetero) is 1. The molecule has 0 atom stereocenters. The number of methoxy groups -OCH3 is 1. The highest BCUT2D eigenvalue weighted by molar-refractivity contribution is 5.98. The zero-order valence-corrected chi connectivity index (χ0v) is 11.1. The van der Waals surface area contributed by atoms with E-state index in [1.165, 1.54) is 0 Å². The maximum absolute atomic E-state index is 11.9. The van der Waals surface area contributed by atoms with E-state index in [0.717, 1.165) is 11.3 Å². The van der Waals surface area contributed by atoms with Crippen molar-refractivity contribution in [3.05, 3.63) is 29.3 Å². The molecule has 1 amide bonds. The van der Waals surface area contributed by atoms with Crippen LogP contribution < -0.4 is 10.1 Å². The molecular weight excluding hydrogens is 230 g/mol. The van der Waals surface area contributed by atoms with Crippen molar-refractivity contribution in [2.45, 2.75) is 26.7 Å². The van der Waals surface area contributed by atoms with Gasteiger partial charge in [0.15, 0.2) is 5.78 Å². The third-order valence-electron chi connectivity index (χ3n) is 2.67. The van der Waals surface area contributed by atoms with E-state index in [1.54, 1.807) is 25.3 Å². The van der Waals surface area contributed by atoms with E-state index in [9.17, 15) is 9.59 Å². The van der Waals surface area contributed by atoms with Gasteiger partial charge in [0.2, 0.25) is 5.91 Å². The summed E-state index contributed by atoms with van der Waals surface area (Å²) in [5.74, 6) is 0.651. The first-order valence-corrected chi connectivity index (χ1v) is 6.03. The van der Waals surface area contributed by atoms with Crippen molar-refractivity contribution >= 4 is 11.7 Å². The molecule has 1 aromatic rings. The standard InChI is InChI=1S/C14H19NO3/c1-4-15-14(17)8-6-12(16)11-5-7-13(18-3)10(2)9-11/h5,7,9H,4,6,8H2,1-3H3,(H,15,17). The van der Waals surface area contributed by atoms with Gasteiger partial charge in [-0.25, -0.2) is 0 Å². The summed E-state index contributed by atoms with van der Waals surface area (Å²) in [6.45, 7) is 4.33. The number of carbonyl (C=O) groups is 2. The van der Waals surface area contributed by atoms with Crippen molar-refractivity contribution in [2.75, 3.05) is 13.7 Å². The summed E-state index contributed by atoms with van der Waals surface area (Å²) in [5.41, 5.74) is 1.54. The average molecular weight is 249 g/mol. The maximum atomic E-state index is 11.9. The lowest BCUT2D eigenvalue weighted by Gasteiger charge is -2.07.